The number of imide groups is 1. The normalized spacial score (nSPS) is 14.9. The van der Waals surface area contributed by atoms with Gasteiger partial charge >= 0.3 is 0 Å². The number of nitrogens with zero attached hydrogens (tertiary/aromatic N) is 1. The van der Waals surface area contributed by atoms with Crippen molar-refractivity contribution >= 4 is 52.3 Å². The standard InChI is InChI=1S/C24H20N2O4S2/c1-15-8-9-17(12-16(15)2)25-21(27)14-26-23(28)20(32-24(26)29)13-18-10-11-22(30-18)31-19-6-4-3-5-7-19/h3-13H,14H2,1-2H3,(H,25,27)/b20-13+. The highest BCUT2D eigenvalue weighted by molar-refractivity contribution is 8.18. The van der Waals surface area contributed by atoms with Crippen molar-refractivity contribution in [3.8, 4) is 0 Å². The molecular formula is C24H20N2O4S2. The van der Waals surface area contributed by atoms with Gasteiger partial charge in [-0.2, -0.15) is 0 Å². The van der Waals surface area contributed by atoms with Gasteiger partial charge in [0.05, 0.1) is 4.91 Å². The lowest BCUT2D eigenvalue weighted by atomic mass is 10.1. The second kappa shape index (κ2) is 9.50. The Morgan fingerprint density at radius 2 is 1.84 bits per heavy atom. The summed E-state index contributed by atoms with van der Waals surface area (Å²) in [4.78, 5) is 39.6. The van der Waals surface area contributed by atoms with E-state index in [0.717, 1.165) is 32.7 Å². The smallest absolute Gasteiger partial charge is 0.294 e. The minimum atomic E-state index is -0.510. The molecule has 1 aliphatic heterocycles. The maximum Gasteiger partial charge on any atom is 0.294 e. The van der Waals surface area contributed by atoms with E-state index in [1.54, 1.807) is 12.1 Å². The molecule has 0 radical (unpaired) electrons. The number of carbonyl (C=O) groups is 3. The summed E-state index contributed by atoms with van der Waals surface area (Å²) in [5.74, 6) is -0.478. The van der Waals surface area contributed by atoms with E-state index in [1.807, 2.05) is 62.4 Å². The van der Waals surface area contributed by atoms with Gasteiger partial charge in [-0.15, -0.1) is 0 Å². The van der Waals surface area contributed by atoms with Crippen LogP contribution in [0.1, 0.15) is 16.9 Å². The molecule has 2 aromatic carbocycles. The number of amides is 3. The van der Waals surface area contributed by atoms with E-state index in [2.05, 4.69) is 5.32 Å². The van der Waals surface area contributed by atoms with E-state index in [-0.39, 0.29) is 11.4 Å². The molecule has 1 fully saturated rings. The number of hydrogen-bond donors (Lipinski definition) is 1. The average molecular weight is 465 g/mol. The van der Waals surface area contributed by atoms with Gasteiger partial charge < -0.3 is 9.73 Å². The second-order valence-corrected chi connectivity index (χ2v) is 9.26. The third-order valence-corrected chi connectivity index (χ3v) is 6.64. The highest BCUT2D eigenvalue weighted by atomic mass is 32.2. The summed E-state index contributed by atoms with van der Waals surface area (Å²) < 4.78 is 5.76. The van der Waals surface area contributed by atoms with Gasteiger partial charge in [-0.3, -0.25) is 19.3 Å². The van der Waals surface area contributed by atoms with Crippen LogP contribution in [0.15, 0.2) is 80.0 Å². The Morgan fingerprint density at radius 3 is 2.59 bits per heavy atom. The molecule has 1 aromatic heterocycles. The molecule has 0 aliphatic carbocycles. The molecule has 6 nitrogen and oxygen atoms in total. The summed E-state index contributed by atoms with van der Waals surface area (Å²) in [5.41, 5.74) is 2.78. The molecule has 0 saturated carbocycles. The first-order valence-corrected chi connectivity index (χ1v) is 11.5. The Morgan fingerprint density at radius 1 is 1.06 bits per heavy atom. The Balaban J connectivity index is 1.40. The summed E-state index contributed by atoms with van der Waals surface area (Å²) >= 11 is 2.26. The first kappa shape index (κ1) is 22.0. The number of thioether (sulfide) groups is 1. The number of benzene rings is 2. The zero-order valence-corrected chi connectivity index (χ0v) is 19.1. The molecule has 3 aromatic rings. The van der Waals surface area contributed by atoms with Crippen LogP contribution in [0.5, 0.6) is 0 Å². The summed E-state index contributed by atoms with van der Waals surface area (Å²) in [6, 6.07) is 18.9. The fourth-order valence-electron chi connectivity index (χ4n) is 3.00. The largest absolute Gasteiger partial charge is 0.450 e. The molecule has 3 amide bonds. The molecule has 2 heterocycles. The van der Waals surface area contributed by atoms with Gasteiger partial charge in [-0.05, 0) is 73.1 Å². The second-order valence-electron chi connectivity index (χ2n) is 7.19. The fourth-order valence-corrected chi connectivity index (χ4v) is 4.62. The quantitative estimate of drug-likeness (QED) is 0.470. The van der Waals surface area contributed by atoms with Crippen molar-refractivity contribution in [3.05, 3.63) is 82.5 Å². The maximum atomic E-state index is 12.7. The van der Waals surface area contributed by atoms with Crippen LogP contribution < -0.4 is 5.32 Å². The van der Waals surface area contributed by atoms with Crippen molar-refractivity contribution in [2.24, 2.45) is 0 Å². The first-order valence-electron chi connectivity index (χ1n) is 9.84. The van der Waals surface area contributed by atoms with Crippen LogP contribution in [0.3, 0.4) is 0 Å². The maximum absolute atomic E-state index is 12.7. The molecule has 0 unspecified atom stereocenters. The van der Waals surface area contributed by atoms with E-state index < -0.39 is 17.1 Å². The molecule has 0 atom stereocenters. The van der Waals surface area contributed by atoms with Crippen LogP contribution in [0.4, 0.5) is 10.5 Å². The summed E-state index contributed by atoms with van der Waals surface area (Å²) in [6.45, 7) is 3.59. The Bertz CT molecular complexity index is 1220. The number of nitrogens with one attached hydrogen (secondary N) is 1. The lowest BCUT2D eigenvalue weighted by Gasteiger charge is -2.13. The van der Waals surface area contributed by atoms with Gasteiger partial charge in [-0.1, -0.05) is 36.0 Å². The number of carbonyl (C=O) groups excluding carboxylic acids is 3. The Labute approximate surface area is 194 Å². The van der Waals surface area contributed by atoms with Crippen molar-refractivity contribution in [1.29, 1.82) is 0 Å². The SMILES string of the molecule is Cc1ccc(NC(=O)CN2C(=O)S/C(=C/c3ccc(Sc4ccccc4)o3)C2=O)cc1C. The van der Waals surface area contributed by atoms with Crippen LogP contribution in [-0.2, 0) is 9.59 Å². The predicted octanol–water partition coefficient (Wildman–Crippen LogP) is 5.72. The number of aryl methyl sites for hydroxylation is 2. The van der Waals surface area contributed by atoms with Gasteiger partial charge in [0.15, 0.2) is 5.09 Å². The molecule has 0 spiro atoms. The number of furan rings is 1. The van der Waals surface area contributed by atoms with Gasteiger partial charge in [0.25, 0.3) is 11.1 Å². The highest BCUT2D eigenvalue weighted by Gasteiger charge is 2.36. The molecule has 0 bridgehead atoms. The van der Waals surface area contributed by atoms with E-state index in [0.29, 0.717) is 16.5 Å². The van der Waals surface area contributed by atoms with Gasteiger partial charge in [-0.25, -0.2) is 0 Å². The molecular weight excluding hydrogens is 444 g/mol. The number of rotatable bonds is 6. The van der Waals surface area contributed by atoms with Crippen molar-refractivity contribution in [1.82, 2.24) is 4.90 Å². The minimum absolute atomic E-state index is 0.222. The highest BCUT2D eigenvalue weighted by Crippen LogP contribution is 2.34. The third-order valence-electron chi connectivity index (χ3n) is 4.80. The van der Waals surface area contributed by atoms with Gasteiger partial charge in [0, 0.05) is 16.7 Å². The predicted molar refractivity (Wildman–Crippen MR) is 126 cm³/mol. The average Bonchev–Trinajstić information content (AvgIpc) is 3.31. The first-order chi connectivity index (χ1) is 15.4. The summed E-state index contributed by atoms with van der Waals surface area (Å²) in [5, 5.41) is 2.93. The van der Waals surface area contributed by atoms with Crippen LogP contribution in [-0.4, -0.2) is 28.5 Å². The molecule has 1 aliphatic rings. The Kier molecular flexibility index (Phi) is 6.53. The van der Waals surface area contributed by atoms with E-state index in [4.69, 9.17) is 4.42 Å². The van der Waals surface area contributed by atoms with Crippen LogP contribution in [0.25, 0.3) is 6.08 Å². The van der Waals surface area contributed by atoms with Gasteiger partial charge in [0.1, 0.15) is 12.3 Å². The number of hydrogen-bond acceptors (Lipinski definition) is 6. The molecule has 1 N–H and O–H groups in total. The van der Waals surface area contributed by atoms with Crippen molar-refractivity contribution in [2.75, 3.05) is 11.9 Å². The summed E-state index contributed by atoms with van der Waals surface area (Å²) in [6.07, 6.45) is 1.53. The lowest BCUT2D eigenvalue weighted by molar-refractivity contribution is -0.127. The zero-order valence-electron chi connectivity index (χ0n) is 17.5. The van der Waals surface area contributed by atoms with Crippen molar-refractivity contribution in [3.63, 3.8) is 0 Å². The van der Waals surface area contributed by atoms with Crippen molar-refractivity contribution < 1.29 is 18.8 Å². The fraction of sp³-hybridized carbons (Fsp3) is 0.125. The zero-order chi connectivity index (χ0) is 22.7. The lowest BCUT2D eigenvalue weighted by Crippen LogP contribution is -2.36. The summed E-state index contributed by atoms with van der Waals surface area (Å²) in [7, 11) is 0. The van der Waals surface area contributed by atoms with E-state index >= 15 is 0 Å². The molecule has 4 rings (SSSR count). The van der Waals surface area contributed by atoms with Gasteiger partial charge in [0.2, 0.25) is 5.91 Å². The minimum Gasteiger partial charge on any atom is -0.450 e. The third kappa shape index (κ3) is 5.15. The topological polar surface area (TPSA) is 79.6 Å². The monoisotopic (exact) mass is 464 g/mol. The molecule has 32 heavy (non-hydrogen) atoms. The Hall–Kier alpha value is -3.23. The van der Waals surface area contributed by atoms with Crippen molar-refractivity contribution in [2.45, 2.75) is 23.8 Å². The molecule has 162 valence electrons. The van der Waals surface area contributed by atoms with Crippen LogP contribution in [0.2, 0.25) is 0 Å². The van der Waals surface area contributed by atoms with E-state index in [9.17, 15) is 14.4 Å². The molecule has 1 saturated heterocycles. The van der Waals surface area contributed by atoms with E-state index in [1.165, 1.54) is 17.8 Å². The van der Waals surface area contributed by atoms with Crippen LogP contribution in [0, 0.1) is 13.8 Å². The number of anilines is 1. The van der Waals surface area contributed by atoms with Crippen LogP contribution >= 0.6 is 23.5 Å². The molecule has 8 heteroatoms.